The predicted molar refractivity (Wildman–Crippen MR) is 120 cm³/mol. The molecule has 0 aromatic carbocycles. The number of hydrogen-bond acceptors (Lipinski definition) is 6. The summed E-state index contributed by atoms with van der Waals surface area (Å²) in [6.07, 6.45) is 2.07. The molecule has 0 aliphatic rings. The first-order valence-corrected chi connectivity index (χ1v) is 11.6. The number of amides is 1. The maximum Gasteiger partial charge on any atom is 0.230 e. The van der Waals surface area contributed by atoms with E-state index < -0.39 is 0 Å². The summed E-state index contributed by atoms with van der Waals surface area (Å²) in [6.45, 7) is 18.2. The molecule has 0 heterocycles. The zero-order valence-corrected chi connectivity index (χ0v) is 20.2. The van der Waals surface area contributed by atoms with Crippen LogP contribution in [0.1, 0.15) is 68.2 Å². The fourth-order valence-corrected chi connectivity index (χ4v) is 3.03. The average Bonchev–Trinajstić information content (AvgIpc) is 2.58. The highest BCUT2D eigenvalue weighted by Crippen LogP contribution is 2.13. The van der Waals surface area contributed by atoms with Crippen molar-refractivity contribution in [3.05, 3.63) is 0 Å². The van der Waals surface area contributed by atoms with E-state index in [1.54, 1.807) is 6.92 Å². The molecule has 0 aliphatic carbocycles. The van der Waals surface area contributed by atoms with Gasteiger partial charge in [0, 0.05) is 31.6 Å². The Kier molecular flexibility index (Phi) is 19.4. The van der Waals surface area contributed by atoms with Crippen LogP contribution in [0.15, 0.2) is 0 Å². The quantitative estimate of drug-likeness (QED) is 0.395. The average molecular weight is 421 g/mol. The number of ether oxygens (including phenoxy) is 2. The Morgan fingerprint density at radius 3 is 2.21 bits per heavy atom. The molecule has 0 rings (SSSR count). The highest BCUT2D eigenvalue weighted by Gasteiger charge is 2.18. The van der Waals surface area contributed by atoms with E-state index in [2.05, 4.69) is 24.5 Å². The van der Waals surface area contributed by atoms with Crippen LogP contribution < -0.4 is 10.6 Å². The largest absolute Gasteiger partial charge is 0.382 e. The van der Waals surface area contributed by atoms with Crippen LogP contribution in [0, 0.1) is 0 Å². The van der Waals surface area contributed by atoms with Crippen LogP contribution in [0.25, 0.3) is 0 Å². The monoisotopic (exact) mass is 420 g/mol. The van der Waals surface area contributed by atoms with E-state index in [0.29, 0.717) is 37.9 Å². The molecule has 0 saturated carbocycles. The summed E-state index contributed by atoms with van der Waals surface area (Å²) in [4.78, 5) is 23.4. The summed E-state index contributed by atoms with van der Waals surface area (Å²) >= 11 is 1.46. The first-order valence-electron chi connectivity index (χ1n) is 10.4. The normalized spacial score (nSPS) is 12.3. The van der Waals surface area contributed by atoms with Gasteiger partial charge < -0.3 is 20.1 Å². The number of carbonyl (C=O) groups is 2. The standard InChI is InChI=1S/C18H36N2O4S.C3H8/c1-7-23-10-8-18(5,6)24-11-9-19-17(22)13-25-12-16(15(4)21)20-14(2)3;1-3-2/h14,16,20H,7-13H2,1-6H3,(H,19,22);3H2,1-2H3. The van der Waals surface area contributed by atoms with Gasteiger partial charge in [-0.25, -0.2) is 0 Å². The van der Waals surface area contributed by atoms with Crippen molar-refractivity contribution in [1.29, 1.82) is 0 Å². The molecule has 0 fully saturated rings. The molecule has 0 aromatic rings. The number of carbonyl (C=O) groups excluding carboxylic acids is 2. The Hall–Kier alpha value is -0.630. The van der Waals surface area contributed by atoms with Crippen molar-refractivity contribution >= 4 is 23.5 Å². The molecule has 28 heavy (non-hydrogen) atoms. The number of hydrogen-bond donors (Lipinski definition) is 2. The van der Waals surface area contributed by atoms with Gasteiger partial charge in [0.05, 0.1) is 24.0 Å². The summed E-state index contributed by atoms with van der Waals surface area (Å²) in [5, 5.41) is 6.06. The molecule has 0 aromatic heterocycles. The van der Waals surface area contributed by atoms with Crippen molar-refractivity contribution in [2.75, 3.05) is 37.9 Å². The maximum absolute atomic E-state index is 11.8. The van der Waals surface area contributed by atoms with E-state index in [4.69, 9.17) is 9.47 Å². The van der Waals surface area contributed by atoms with Gasteiger partial charge in [-0.3, -0.25) is 9.59 Å². The second-order valence-electron chi connectivity index (χ2n) is 7.61. The van der Waals surface area contributed by atoms with Crippen molar-refractivity contribution in [1.82, 2.24) is 10.6 Å². The third kappa shape index (κ3) is 20.1. The molecule has 0 aliphatic heterocycles. The minimum atomic E-state index is -0.258. The number of nitrogens with one attached hydrogen (secondary N) is 2. The summed E-state index contributed by atoms with van der Waals surface area (Å²) in [7, 11) is 0. The van der Waals surface area contributed by atoms with Gasteiger partial charge in [-0.2, -0.15) is 0 Å². The predicted octanol–water partition coefficient (Wildman–Crippen LogP) is 3.43. The van der Waals surface area contributed by atoms with Gasteiger partial charge in [0.25, 0.3) is 0 Å². The SMILES string of the molecule is CCC.CCOCCC(C)(C)OCCNC(=O)CSCC(NC(C)C)C(C)=O. The fourth-order valence-electron chi connectivity index (χ4n) is 2.06. The van der Waals surface area contributed by atoms with Crippen LogP contribution in [0.2, 0.25) is 0 Å². The first-order chi connectivity index (χ1) is 13.1. The molecule has 0 radical (unpaired) electrons. The van der Waals surface area contributed by atoms with Crippen molar-refractivity contribution in [3.8, 4) is 0 Å². The zero-order valence-electron chi connectivity index (χ0n) is 19.4. The van der Waals surface area contributed by atoms with E-state index in [1.807, 2.05) is 34.6 Å². The molecule has 0 saturated heterocycles. The third-order valence-corrected chi connectivity index (χ3v) is 4.55. The van der Waals surface area contributed by atoms with Crippen molar-refractivity contribution in [2.45, 2.75) is 85.9 Å². The minimum Gasteiger partial charge on any atom is -0.382 e. The molecule has 7 heteroatoms. The molecule has 1 amide bonds. The van der Waals surface area contributed by atoms with E-state index in [-0.39, 0.29) is 29.4 Å². The van der Waals surface area contributed by atoms with Crippen LogP contribution in [0.5, 0.6) is 0 Å². The number of thioether (sulfide) groups is 1. The molecular weight excluding hydrogens is 376 g/mol. The maximum atomic E-state index is 11.8. The number of Topliss-reactive ketones (excluding diaryl/α,β-unsaturated/α-hetero) is 1. The Labute approximate surface area is 177 Å². The van der Waals surface area contributed by atoms with Crippen molar-refractivity contribution in [3.63, 3.8) is 0 Å². The van der Waals surface area contributed by atoms with E-state index >= 15 is 0 Å². The number of rotatable bonds is 15. The van der Waals surface area contributed by atoms with Crippen LogP contribution in [0.4, 0.5) is 0 Å². The molecule has 2 N–H and O–H groups in total. The van der Waals surface area contributed by atoms with Gasteiger partial charge in [0.2, 0.25) is 5.91 Å². The summed E-state index contributed by atoms with van der Waals surface area (Å²) in [5.41, 5.74) is -0.258. The van der Waals surface area contributed by atoms with Crippen LogP contribution in [0.3, 0.4) is 0 Å². The van der Waals surface area contributed by atoms with Crippen LogP contribution in [-0.2, 0) is 19.1 Å². The van der Waals surface area contributed by atoms with Crippen LogP contribution >= 0.6 is 11.8 Å². The van der Waals surface area contributed by atoms with Crippen molar-refractivity contribution in [2.24, 2.45) is 0 Å². The zero-order chi connectivity index (χ0) is 22.0. The summed E-state index contributed by atoms with van der Waals surface area (Å²) in [5.74, 6) is 1.01. The summed E-state index contributed by atoms with van der Waals surface area (Å²) < 4.78 is 11.1. The van der Waals surface area contributed by atoms with E-state index in [9.17, 15) is 9.59 Å². The highest BCUT2D eigenvalue weighted by molar-refractivity contribution is 8.00. The van der Waals surface area contributed by atoms with E-state index in [1.165, 1.54) is 18.2 Å². The molecule has 6 nitrogen and oxygen atoms in total. The van der Waals surface area contributed by atoms with Gasteiger partial charge in [-0.1, -0.05) is 34.1 Å². The van der Waals surface area contributed by atoms with Crippen LogP contribution in [-0.4, -0.2) is 67.2 Å². The smallest absolute Gasteiger partial charge is 0.230 e. The Balaban J connectivity index is 0. The third-order valence-electron chi connectivity index (χ3n) is 3.51. The second kappa shape index (κ2) is 18.4. The molecule has 0 bridgehead atoms. The van der Waals surface area contributed by atoms with Gasteiger partial charge in [0.1, 0.15) is 5.78 Å². The lowest BCUT2D eigenvalue weighted by Crippen LogP contribution is -2.42. The fraction of sp³-hybridized carbons (Fsp3) is 0.905. The lowest BCUT2D eigenvalue weighted by Gasteiger charge is -2.25. The topological polar surface area (TPSA) is 76.7 Å². The molecule has 1 atom stereocenters. The first kappa shape index (κ1) is 29.6. The number of ketones is 1. The molecule has 0 spiro atoms. The Morgan fingerprint density at radius 1 is 1.11 bits per heavy atom. The minimum absolute atomic E-state index is 0.0347. The lowest BCUT2D eigenvalue weighted by molar-refractivity contribution is -0.120. The van der Waals surface area contributed by atoms with E-state index in [0.717, 1.165) is 6.42 Å². The van der Waals surface area contributed by atoms with Gasteiger partial charge >= 0.3 is 0 Å². The summed E-state index contributed by atoms with van der Waals surface area (Å²) in [6, 6.07) is 0.0406. The van der Waals surface area contributed by atoms with Crippen molar-refractivity contribution < 1.29 is 19.1 Å². The Morgan fingerprint density at radius 2 is 1.71 bits per heavy atom. The molecular formula is C21H44N2O4S. The lowest BCUT2D eigenvalue weighted by atomic mass is 10.1. The Bertz CT molecular complexity index is 404. The molecule has 1 unspecified atom stereocenters. The van der Waals surface area contributed by atoms with Gasteiger partial charge in [-0.05, 0) is 34.1 Å². The molecule has 168 valence electrons. The van der Waals surface area contributed by atoms with Gasteiger partial charge in [0.15, 0.2) is 0 Å². The van der Waals surface area contributed by atoms with Gasteiger partial charge in [-0.15, -0.1) is 11.8 Å². The second-order valence-corrected chi connectivity index (χ2v) is 8.64. The highest BCUT2D eigenvalue weighted by atomic mass is 32.2.